The highest BCUT2D eigenvalue weighted by molar-refractivity contribution is 9.10. The molecule has 1 aliphatic heterocycles. The molecule has 1 fully saturated rings. The summed E-state index contributed by atoms with van der Waals surface area (Å²) in [6, 6.07) is 11.4. The minimum atomic E-state index is -1.35. The fourth-order valence-electron chi connectivity index (χ4n) is 5.13. The van der Waals surface area contributed by atoms with E-state index in [0.29, 0.717) is 21.2 Å². The first-order chi connectivity index (χ1) is 19.7. The molecule has 2 amide bonds. The van der Waals surface area contributed by atoms with Crippen molar-refractivity contribution in [1.82, 2.24) is 34.6 Å². The molecule has 1 saturated heterocycles. The van der Waals surface area contributed by atoms with E-state index in [-0.39, 0.29) is 36.8 Å². The molecular weight excluding hydrogens is 595 g/mol. The van der Waals surface area contributed by atoms with Crippen molar-refractivity contribution in [3.05, 3.63) is 64.8 Å². The second-order valence-corrected chi connectivity index (χ2v) is 10.8. The Morgan fingerprint density at radius 3 is 2.76 bits per heavy atom. The predicted molar refractivity (Wildman–Crippen MR) is 153 cm³/mol. The molecule has 5 heterocycles. The molecule has 41 heavy (non-hydrogen) atoms. The third-order valence-corrected chi connectivity index (χ3v) is 7.44. The number of nitrogens with zero attached hydrogens (tertiary/aromatic N) is 6. The second-order valence-electron chi connectivity index (χ2n) is 9.94. The molecule has 0 saturated carbocycles. The van der Waals surface area contributed by atoms with Crippen LogP contribution in [0.3, 0.4) is 0 Å². The number of amides is 2. The summed E-state index contributed by atoms with van der Waals surface area (Å²) in [7, 11) is 0. The maximum absolute atomic E-state index is 14.5. The third kappa shape index (κ3) is 5.20. The number of hydrogen-bond acceptors (Lipinski definition) is 7. The van der Waals surface area contributed by atoms with Crippen LogP contribution in [0.4, 0.5) is 10.2 Å². The number of H-pyrrole nitrogens is 1. The lowest BCUT2D eigenvalue weighted by atomic mass is 10.0. The van der Waals surface area contributed by atoms with Crippen LogP contribution in [0.2, 0.25) is 0 Å². The highest BCUT2D eigenvalue weighted by Crippen LogP contribution is 2.29. The van der Waals surface area contributed by atoms with Crippen LogP contribution in [-0.2, 0) is 16.1 Å². The SMILES string of the molecule is CC(=O)c1nn(CC(=O)N2C[C@H](F)C[C@H]2C(=O)Nc2cccc(Br)n2)c2ccc(-c3cnc4[nH]c(C)nc4c3)cc12. The van der Waals surface area contributed by atoms with Crippen molar-refractivity contribution in [1.29, 1.82) is 0 Å². The van der Waals surface area contributed by atoms with Crippen LogP contribution in [0.15, 0.2) is 53.3 Å². The number of aromatic amines is 1. The Morgan fingerprint density at radius 2 is 1.98 bits per heavy atom. The average Bonchev–Trinajstić information content (AvgIpc) is 3.62. The Balaban J connectivity index is 1.28. The first-order valence-electron chi connectivity index (χ1n) is 12.9. The first kappa shape index (κ1) is 26.7. The Bertz CT molecular complexity index is 1850. The number of fused-ring (bicyclic) bond motifs is 2. The number of alkyl halides is 1. The maximum atomic E-state index is 14.5. The number of anilines is 1. The number of benzene rings is 1. The van der Waals surface area contributed by atoms with Crippen LogP contribution in [-0.4, -0.2) is 71.0 Å². The smallest absolute Gasteiger partial charge is 0.248 e. The summed E-state index contributed by atoms with van der Waals surface area (Å²) in [5.41, 5.74) is 3.79. The quantitative estimate of drug-likeness (QED) is 0.214. The molecule has 2 N–H and O–H groups in total. The van der Waals surface area contributed by atoms with Crippen molar-refractivity contribution in [3.8, 4) is 11.1 Å². The van der Waals surface area contributed by atoms with Gasteiger partial charge in [-0.15, -0.1) is 0 Å². The van der Waals surface area contributed by atoms with Crippen LogP contribution in [0.25, 0.3) is 33.2 Å². The Labute approximate surface area is 241 Å². The van der Waals surface area contributed by atoms with Gasteiger partial charge in [-0.25, -0.2) is 19.3 Å². The van der Waals surface area contributed by atoms with Gasteiger partial charge >= 0.3 is 0 Å². The summed E-state index contributed by atoms with van der Waals surface area (Å²) in [6.45, 7) is 2.78. The van der Waals surface area contributed by atoms with E-state index in [0.717, 1.165) is 22.5 Å². The standard InChI is InChI=1S/C28H24BrFN8O3/c1-14(39)26-19-8-16(17-9-20-27(31-11-17)33-15(2)32-20)6-7-21(19)38(36-26)13-25(40)37-12-18(30)10-22(37)28(41)35-24-5-3-4-23(29)34-24/h3-9,11,18,22H,10,12-13H2,1-2H3,(H,31,32,33)(H,34,35,41)/t18-,22+/m1/s1. The Kier molecular flexibility index (Phi) is 6.81. The highest BCUT2D eigenvalue weighted by atomic mass is 79.9. The molecule has 0 aliphatic carbocycles. The van der Waals surface area contributed by atoms with Crippen molar-refractivity contribution in [3.63, 3.8) is 0 Å². The van der Waals surface area contributed by atoms with E-state index >= 15 is 0 Å². The van der Waals surface area contributed by atoms with E-state index in [9.17, 15) is 18.8 Å². The molecule has 13 heteroatoms. The fourth-order valence-corrected chi connectivity index (χ4v) is 5.47. The largest absolute Gasteiger partial charge is 0.327 e. The molecule has 0 spiro atoms. The Morgan fingerprint density at radius 1 is 1.15 bits per heavy atom. The van der Waals surface area contributed by atoms with E-state index in [1.54, 1.807) is 30.5 Å². The molecule has 0 bridgehead atoms. The maximum Gasteiger partial charge on any atom is 0.248 e. The number of hydrogen-bond donors (Lipinski definition) is 2. The molecule has 2 atom stereocenters. The molecule has 4 aromatic heterocycles. The van der Waals surface area contributed by atoms with E-state index in [4.69, 9.17) is 0 Å². The Hall–Kier alpha value is -4.52. The lowest BCUT2D eigenvalue weighted by Crippen LogP contribution is -2.44. The molecule has 1 aromatic carbocycles. The van der Waals surface area contributed by atoms with Crippen molar-refractivity contribution in [2.24, 2.45) is 0 Å². The third-order valence-electron chi connectivity index (χ3n) is 7.00. The highest BCUT2D eigenvalue weighted by Gasteiger charge is 2.40. The average molecular weight is 619 g/mol. The predicted octanol–water partition coefficient (Wildman–Crippen LogP) is 4.22. The number of ketones is 1. The van der Waals surface area contributed by atoms with Crippen molar-refractivity contribution >= 4 is 61.4 Å². The van der Waals surface area contributed by atoms with Gasteiger partial charge in [0.2, 0.25) is 11.8 Å². The van der Waals surface area contributed by atoms with Crippen LogP contribution in [0.1, 0.15) is 29.7 Å². The van der Waals surface area contributed by atoms with Crippen LogP contribution in [0, 0.1) is 6.92 Å². The van der Waals surface area contributed by atoms with Crippen molar-refractivity contribution < 1.29 is 18.8 Å². The fraction of sp³-hybridized carbons (Fsp3) is 0.250. The van der Waals surface area contributed by atoms with E-state index in [2.05, 4.69) is 46.3 Å². The van der Waals surface area contributed by atoms with Gasteiger partial charge in [0.25, 0.3) is 0 Å². The number of nitrogens with one attached hydrogen (secondary N) is 2. The van der Waals surface area contributed by atoms with Crippen molar-refractivity contribution in [2.75, 3.05) is 11.9 Å². The number of Topliss-reactive ketones (excluding diaryl/α,β-unsaturated/α-hetero) is 1. The van der Waals surface area contributed by atoms with Crippen LogP contribution >= 0.6 is 15.9 Å². The van der Waals surface area contributed by atoms with E-state index < -0.39 is 24.0 Å². The monoisotopic (exact) mass is 618 g/mol. The molecule has 0 radical (unpaired) electrons. The summed E-state index contributed by atoms with van der Waals surface area (Å²) in [5, 5.41) is 7.66. The number of halogens is 2. The summed E-state index contributed by atoms with van der Waals surface area (Å²) in [5.74, 6) is -0.234. The van der Waals surface area contributed by atoms with Gasteiger partial charge in [0.1, 0.15) is 46.2 Å². The van der Waals surface area contributed by atoms with Gasteiger partial charge in [0.15, 0.2) is 11.4 Å². The normalized spacial score (nSPS) is 16.9. The lowest BCUT2D eigenvalue weighted by molar-refractivity contribution is -0.137. The first-order valence-corrected chi connectivity index (χ1v) is 13.7. The van der Waals surface area contributed by atoms with Gasteiger partial charge in [-0.05, 0) is 58.7 Å². The number of likely N-dealkylation sites (tertiary alicyclic amines) is 1. The number of carbonyl (C=O) groups excluding carboxylic acids is 3. The van der Waals surface area contributed by atoms with Gasteiger partial charge in [-0.1, -0.05) is 12.1 Å². The van der Waals surface area contributed by atoms with E-state index in [1.165, 1.54) is 16.5 Å². The number of rotatable bonds is 6. The van der Waals surface area contributed by atoms with Gasteiger partial charge in [-0.2, -0.15) is 5.10 Å². The minimum Gasteiger partial charge on any atom is -0.327 e. The minimum absolute atomic E-state index is 0.124. The zero-order valence-corrected chi connectivity index (χ0v) is 23.6. The topological polar surface area (TPSA) is 139 Å². The van der Waals surface area contributed by atoms with Gasteiger partial charge in [0.05, 0.1) is 12.1 Å². The molecule has 0 unspecified atom stereocenters. The second kappa shape index (κ2) is 10.5. The molecular formula is C28H24BrFN8O3. The van der Waals surface area contributed by atoms with Gasteiger partial charge in [-0.3, -0.25) is 19.1 Å². The molecule has 5 aromatic rings. The van der Waals surface area contributed by atoms with Crippen molar-refractivity contribution in [2.45, 2.75) is 39.0 Å². The molecule has 6 rings (SSSR count). The summed E-state index contributed by atoms with van der Waals surface area (Å²) in [6.07, 6.45) is 0.249. The van der Waals surface area contributed by atoms with Crippen LogP contribution < -0.4 is 5.32 Å². The van der Waals surface area contributed by atoms with Gasteiger partial charge < -0.3 is 15.2 Å². The molecule has 208 valence electrons. The number of carbonyl (C=O) groups is 3. The van der Waals surface area contributed by atoms with E-state index in [1.807, 2.05) is 25.1 Å². The zero-order chi connectivity index (χ0) is 28.8. The zero-order valence-electron chi connectivity index (χ0n) is 22.1. The molecule has 1 aliphatic rings. The number of imidazole rings is 1. The van der Waals surface area contributed by atoms with Gasteiger partial charge in [0, 0.05) is 30.5 Å². The number of aromatic nitrogens is 6. The molecule has 11 nitrogen and oxygen atoms in total. The summed E-state index contributed by atoms with van der Waals surface area (Å²) in [4.78, 5) is 56.3. The lowest BCUT2D eigenvalue weighted by Gasteiger charge is -2.23. The van der Waals surface area contributed by atoms with Crippen LogP contribution in [0.5, 0.6) is 0 Å². The number of pyridine rings is 2. The summed E-state index contributed by atoms with van der Waals surface area (Å²) >= 11 is 3.25. The summed E-state index contributed by atoms with van der Waals surface area (Å²) < 4.78 is 16.4. The number of aryl methyl sites for hydroxylation is 1.